The number of hydrogen-bond donors (Lipinski definition) is 2. The lowest BCUT2D eigenvalue weighted by Gasteiger charge is -2.09. The van der Waals surface area contributed by atoms with Crippen molar-refractivity contribution < 1.29 is 4.39 Å². The molecular formula is C11H11ClFN3. The zero-order valence-corrected chi connectivity index (χ0v) is 9.48. The summed E-state index contributed by atoms with van der Waals surface area (Å²) >= 11 is 5.71. The molecule has 0 spiro atoms. The number of fused-ring (bicyclic) bond motifs is 1. The van der Waals surface area contributed by atoms with Crippen LogP contribution in [-0.2, 0) is 6.42 Å². The number of pyridine rings is 1. The van der Waals surface area contributed by atoms with Gasteiger partial charge in [-0.05, 0) is 24.6 Å². The van der Waals surface area contributed by atoms with Crippen LogP contribution >= 0.6 is 11.6 Å². The predicted octanol–water partition coefficient (Wildman–Crippen LogP) is 2.88. The number of halogens is 2. The first-order valence-electron chi connectivity index (χ1n) is 4.91. The molecule has 1 aromatic carbocycles. The molecule has 5 heteroatoms. The number of anilines is 1. The van der Waals surface area contributed by atoms with Crippen LogP contribution in [0.5, 0.6) is 0 Å². The largest absolute Gasteiger partial charge is 0.323 e. The Morgan fingerprint density at radius 3 is 2.88 bits per heavy atom. The second-order valence-corrected chi connectivity index (χ2v) is 3.82. The molecule has 0 unspecified atom stereocenters. The molecule has 0 fully saturated rings. The molecule has 1 aromatic heterocycles. The van der Waals surface area contributed by atoms with Crippen molar-refractivity contribution in [2.45, 2.75) is 13.3 Å². The highest BCUT2D eigenvalue weighted by Gasteiger charge is 2.11. The van der Waals surface area contributed by atoms with Gasteiger partial charge in [-0.25, -0.2) is 9.37 Å². The first-order valence-corrected chi connectivity index (χ1v) is 5.29. The molecule has 16 heavy (non-hydrogen) atoms. The van der Waals surface area contributed by atoms with Crippen LogP contribution in [0, 0.1) is 5.82 Å². The standard InChI is InChI=1S/C11H11ClFN3/c1-2-6-5-9(16-14)7-3-4-8(12)10(13)11(7)15-6/h3-5H,2,14H2,1H3,(H,15,16). The Balaban J connectivity index is 2.84. The van der Waals surface area contributed by atoms with E-state index in [1.807, 2.05) is 6.92 Å². The molecule has 0 saturated heterocycles. The average Bonchev–Trinajstić information content (AvgIpc) is 2.32. The Hall–Kier alpha value is -1.39. The maximum Gasteiger partial charge on any atom is 0.168 e. The molecule has 3 nitrogen and oxygen atoms in total. The minimum Gasteiger partial charge on any atom is -0.323 e. The quantitative estimate of drug-likeness (QED) is 0.626. The van der Waals surface area contributed by atoms with Gasteiger partial charge >= 0.3 is 0 Å². The van der Waals surface area contributed by atoms with E-state index in [2.05, 4.69) is 10.4 Å². The van der Waals surface area contributed by atoms with Crippen LogP contribution in [-0.4, -0.2) is 4.98 Å². The molecule has 0 aliphatic carbocycles. The van der Waals surface area contributed by atoms with Crippen LogP contribution in [0.3, 0.4) is 0 Å². The molecule has 0 amide bonds. The van der Waals surface area contributed by atoms with Crippen molar-refractivity contribution in [1.82, 2.24) is 4.98 Å². The lowest BCUT2D eigenvalue weighted by atomic mass is 10.1. The average molecular weight is 240 g/mol. The van der Waals surface area contributed by atoms with Gasteiger partial charge in [0.2, 0.25) is 0 Å². The number of aromatic nitrogens is 1. The SMILES string of the molecule is CCc1cc(NN)c2ccc(Cl)c(F)c2n1. The van der Waals surface area contributed by atoms with E-state index in [0.29, 0.717) is 17.5 Å². The Morgan fingerprint density at radius 1 is 1.50 bits per heavy atom. The maximum absolute atomic E-state index is 13.8. The van der Waals surface area contributed by atoms with Crippen LogP contribution in [0.1, 0.15) is 12.6 Å². The van der Waals surface area contributed by atoms with Gasteiger partial charge in [0.1, 0.15) is 5.52 Å². The molecular weight excluding hydrogens is 229 g/mol. The molecule has 0 aliphatic rings. The summed E-state index contributed by atoms with van der Waals surface area (Å²) in [7, 11) is 0. The number of nitrogens with zero attached hydrogens (tertiary/aromatic N) is 1. The fourth-order valence-electron chi connectivity index (χ4n) is 1.59. The smallest absolute Gasteiger partial charge is 0.168 e. The molecule has 2 rings (SSSR count). The van der Waals surface area contributed by atoms with E-state index in [0.717, 1.165) is 5.69 Å². The summed E-state index contributed by atoms with van der Waals surface area (Å²) in [6.45, 7) is 1.94. The molecule has 0 atom stereocenters. The highest BCUT2D eigenvalue weighted by atomic mass is 35.5. The van der Waals surface area contributed by atoms with E-state index in [-0.39, 0.29) is 10.5 Å². The summed E-state index contributed by atoms with van der Waals surface area (Å²) in [5.41, 5.74) is 4.21. The molecule has 3 N–H and O–H groups in total. The lowest BCUT2D eigenvalue weighted by Crippen LogP contribution is -2.08. The highest BCUT2D eigenvalue weighted by molar-refractivity contribution is 6.31. The monoisotopic (exact) mass is 239 g/mol. The summed E-state index contributed by atoms with van der Waals surface area (Å²) in [5.74, 6) is 4.89. The summed E-state index contributed by atoms with van der Waals surface area (Å²) < 4.78 is 13.8. The first kappa shape index (κ1) is 11.1. The number of aryl methyl sites for hydroxylation is 1. The van der Waals surface area contributed by atoms with Gasteiger partial charge in [0.05, 0.1) is 10.7 Å². The van der Waals surface area contributed by atoms with Gasteiger partial charge in [-0.3, -0.25) is 5.84 Å². The van der Waals surface area contributed by atoms with Gasteiger partial charge in [-0.2, -0.15) is 0 Å². The Morgan fingerprint density at radius 2 is 2.25 bits per heavy atom. The van der Waals surface area contributed by atoms with Gasteiger partial charge in [-0.15, -0.1) is 0 Å². The van der Waals surface area contributed by atoms with Crippen molar-refractivity contribution in [1.29, 1.82) is 0 Å². The van der Waals surface area contributed by atoms with E-state index >= 15 is 0 Å². The number of nitrogen functional groups attached to an aromatic ring is 1. The topological polar surface area (TPSA) is 50.9 Å². The lowest BCUT2D eigenvalue weighted by molar-refractivity contribution is 0.636. The third-order valence-electron chi connectivity index (χ3n) is 2.44. The Bertz CT molecular complexity index is 542. The van der Waals surface area contributed by atoms with Crippen molar-refractivity contribution in [2.24, 2.45) is 5.84 Å². The van der Waals surface area contributed by atoms with Gasteiger partial charge in [0, 0.05) is 11.1 Å². The summed E-state index contributed by atoms with van der Waals surface area (Å²) in [6.07, 6.45) is 0.705. The molecule has 0 saturated carbocycles. The molecule has 0 radical (unpaired) electrons. The van der Waals surface area contributed by atoms with Crippen molar-refractivity contribution in [3.05, 3.63) is 34.7 Å². The second kappa shape index (κ2) is 4.23. The van der Waals surface area contributed by atoms with Crippen molar-refractivity contribution >= 4 is 28.2 Å². The minimum absolute atomic E-state index is 0.0659. The number of hydrogen-bond acceptors (Lipinski definition) is 3. The highest BCUT2D eigenvalue weighted by Crippen LogP contribution is 2.28. The van der Waals surface area contributed by atoms with Crippen molar-refractivity contribution in [3.8, 4) is 0 Å². The van der Waals surface area contributed by atoms with Gasteiger partial charge < -0.3 is 5.43 Å². The molecule has 84 valence electrons. The Labute approximate surface area is 97.4 Å². The van der Waals surface area contributed by atoms with Gasteiger partial charge in [0.15, 0.2) is 5.82 Å². The van der Waals surface area contributed by atoms with Crippen molar-refractivity contribution in [3.63, 3.8) is 0 Å². The zero-order chi connectivity index (χ0) is 11.7. The van der Waals surface area contributed by atoms with Crippen LogP contribution in [0.25, 0.3) is 10.9 Å². The molecule has 2 aromatic rings. The van der Waals surface area contributed by atoms with Crippen LogP contribution < -0.4 is 11.3 Å². The van der Waals surface area contributed by atoms with E-state index < -0.39 is 5.82 Å². The summed E-state index contributed by atoms with van der Waals surface area (Å²) in [6, 6.07) is 4.99. The van der Waals surface area contributed by atoms with E-state index in [1.165, 1.54) is 6.07 Å². The summed E-state index contributed by atoms with van der Waals surface area (Å²) in [5, 5.41) is 0.692. The number of nitrogens with two attached hydrogens (primary N) is 1. The van der Waals surface area contributed by atoms with E-state index in [4.69, 9.17) is 17.4 Å². The number of benzene rings is 1. The molecule has 1 heterocycles. The minimum atomic E-state index is -0.508. The Kier molecular flexibility index (Phi) is 2.94. The summed E-state index contributed by atoms with van der Waals surface area (Å²) in [4.78, 5) is 4.21. The third kappa shape index (κ3) is 1.70. The number of nitrogens with one attached hydrogen (secondary N) is 1. The first-order chi connectivity index (χ1) is 7.67. The number of rotatable bonds is 2. The predicted molar refractivity (Wildman–Crippen MR) is 63.9 cm³/mol. The second-order valence-electron chi connectivity index (χ2n) is 3.42. The van der Waals surface area contributed by atoms with E-state index in [1.54, 1.807) is 12.1 Å². The number of hydrazine groups is 1. The fraction of sp³-hybridized carbons (Fsp3) is 0.182. The van der Waals surface area contributed by atoms with Crippen molar-refractivity contribution in [2.75, 3.05) is 5.43 Å². The molecule has 0 aliphatic heterocycles. The van der Waals surface area contributed by atoms with Crippen LogP contribution in [0.2, 0.25) is 5.02 Å². The van der Waals surface area contributed by atoms with Crippen LogP contribution in [0.15, 0.2) is 18.2 Å². The van der Waals surface area contributed by atoms with E-state index in [9.17, 15) is 4.39 Å². The normalized spacial score (nSPS) is 10.8. The van der Waals surface area contributed by atoms with Crippen LogP contribution in [0.4, 0.5) is 10.1 Å². The van der Waals surface area contributed by atoms with Gasteiger partial charge in [0.25, 0.3) is 0 Å². The zero-order valence-electron chi connectivity index (χ0n) is 8.72. The maximum atomic E-state index is 13.8. The van der Waals surface area contributed by atoms with Gasteiger partial charge in [-0.1, -0.05) is 18.5 Å². The third-order valence-corrected chi connectivity index (χ3v) is 2.74. The molecule has 0 bridgehead atoms. The fourth-order valence-corrected chi connectivity index (χ4v) is 1.74.